The molecule has 0 aliphatic carbocycles. The van der Waals surface area contributed by atoms with Crippen molar-refractivity contribution in [3.05, 3.63) is 102 Å². The number of fused-ring (bicyclic) bond motifs is 2. The lowest BCUT2D eigenvalue weighted by Crippen LogP contribution is -2.05. The van der Waals surface area contributed by atoms with Crippen molar-refractivity contribution in [3.63, 3.8) is 0 Å². The van der Waals surface area contributed by atoms with Crippen LogP contribution in [0, 0.1) is 0 Å². The van der Waals surface area contributed by atoms with Crippen molar-refractivity contribution in [2.75, 3.05) is 13.7 Å². The second kappa shape index (κ2) is 8.83. The number of esters is 1. The van der Waals surface area contributed by atoms with Crippen molar-refractivity contribution in [3.8, 4) is 17.0 Å². The maximum absolute atomic E-state index is 13.3. The standard InChI is InChI=1S/C28H22N2O4/c1-3-34-28(32)23-15-26(27(31)19-11-13-20(33-2)14-12-19)30-17-29-24(16-25(23)30)22-10-6-8-18-7-4-5-9-21(18)22/h4-17H,3H2,1-2H3. The summed E-state index contributed by atoms with van der Waals surface area (Å²) in [7, 11) is 1.57. The van der Waals surface area contributed by atoms with Crippen LogP contribution in [-0.4, -0.2) is 34.9 Å². The molecule has 2 heterocycles. The van der Waals surface area contributed by atoms with Gasteiger partial charge in [0.2, 0.25) is 5.78 Å². The molecule has 0 atom stereocenters. The maximum Gasteiger partial charge on any atom is 0.340 e. The lowest BCUT2D eigenvalue weighted by atomic mass is 10.0. The van der Waals surface area contributed by atoms with Gasteiger partial charge in [0.25, 0.3) is 0 Å². The van der Waals surface area contributed by atoms with E-state index >= 15 is 0 Å². The molecule has 0 bridgehead atoms. The smallest absolute Gasteiger partial charge is 0.340 e. The monoisotopic (exact) mass is 450 g/mol. The number of methoxy groups -OCH3 is 1. The van der Waals surface area contributed by atoms with E-state index in [1.807, 2.05) is 48.5 Å². The van der Waals surface area contributed by atoms with Crippen molar-refractivity contribution in [1.82, 2.24) is 9.38 Å². The molecular formula is C28H22N2O4. The fraction of sp³-hybridized carbons (Fsp3) is 0.107. The highest BCUT2D eigenvalue weighted by molar-refractivity contribution is 6.11. The van der Waals surface area contributed by atoms with Crippen molar-refractivity contribution < 1.29 is 19.1 Å². The Kier molecular flexibility index (Phi) is 5.55. The van der Waals surface area contributed by atoms with Gasteiger partial charge in [-0.3, -0.25) is 9.20 Å². The zero-order valence-corrected chi connectivity index (χ0v) is 18.8. The molecule has 168 valence electrons. The Morgan fingerprint density at radius 3 is 2.47 bits per heavy atom. The molecule has 0 aliphatic rings. The molecule has 0 N–H and O–H groups in total. The molecule has 0 saturated heterocycles. The predicted octanol–water partition coefficient (Wildman–Crippen LogP) is 5.57. The molecule has 2 aromatic heterocycles. The molecule has 5 aromatic rings. The third kappa shape index (κ3) is 3.69. The van der Waals surface area contributed by atoms with E-state index in [2.05, 4.69) is 4.98 Å². The number of ketones is 1. The normalized spacial score (nSPS) is 11.0. The van der Waals surface area contributed by atoms with Crippen molar-refractivity contribution in [2.45, 2.75) is 6.92 Å². The highest BCUT2D eigenvalue weighted by Gasteiger charge is 2.22. The highest BCUT2D eigenvalue weighted by atomic mass is 16.5. The molecular weight excluding hydrogens is 428 g/mol. The average molecular weight is 450 g/mol. The summed E-state index contributed by atoms with van der Waals surface area (Å²) in [4.78, 5) is 30.8. The van der Waals surface area contributed by atoms with Crippen LogP contribution in [0.1, 0.15) is 33.3 Å². The molecule has 0 spiro atoms. The van der Waals surface area contributed by atoms with Gasteiger partial charge in [-0.1, -0.05) is 42.5 Å². The van der Waals surface area contributed by atoms with E-state index in [0.29, 0.717) is 33.8 Å². The first-order valence-corrected chi connectivity index (χ1v) is 11.0. The van der Waals surface area contributed by atoms with Gasteiger partial charge in [0.15, 0.2) is 0 Å². The third-order valence-electron chi connectivity index (χ3n) is 5.81. The van der Waals surface area contributed by atoms with Crippen molar-refractivity contribution in [2.24, 2.45) is 0 Å². The quantitative estimate of drug-likeness (QED) is 0.250. The van der Waals surface area contributed by atoms with Gasteiger partial charge in [0, 0.05) is 11.1 Å². The van der Waals surface area contributed by atoms with Gasteiger partial charge in [-0.05, 0) is 54.1 Å². The molecule has 0 radical (unpaired) electrons. The van der Waals surface area contributed by atoms with Gasteiger partial charge in [0.05, 0.1) is 36.2 Å². The van der Waals surface area contributed by atoms with E-state index in [-0.39, 0.29) is 12.4 Å². The highest BCUT2D eigenvalue weighted by Crippen LogP contribution is 2.30. The topological polar surface area (TPSA) is 69.9 Å². The summed E-state index contributed by atoms with van der Waals surface area (Å²) < 4.78 is 12.1. The fourth-order valence-corrected chi connectivity index (χ4v) is 4.13. The molecule has 3 aromatic carbocycles. The van der Waals surface area contributed by atoms with Crippen LogP contribution in [0.5, 0.6) is 5.75 Å². The minimum Gasteiger partial charge on any atom is -0.497 e. The van der Waals surface area contributed by atoms with Gasteiger partial charge in [0.1, 0.15) is 12.1 Å². The SMILES string of the molecule is CCOC(=O)c1cc(C(=O)c2ccc(OC)cc2)n2cnc(-c3cccc4ccccc34)cc12. The number of ether oxygens (including phenoxy) is 2. The Morgan fingerprint density at radius 1 is 0.941 bits per heavy atom. The van der Waals surface area contributed by atoms with Crippen LogP contribution in [0.15, 0.2) is 85.2 Å². The summed E-state index contributed by atoms with van der Waals surface area (Å²) in [6, 6.07) is 24.3. The maximum atomic E-state index is 13.3. The molecule has 0 amide bonds. The Hall–Kier alpha value is -4.45. The second-order valence-electron chi connectivity index (χ2n) is 7.78. The first kappa shape index (κ1) is 21.4. The minimum atomic E-state index is -0.483. The first-order valence-electron chi connectivity index (χ1n) is 11.0. The molecule has 0 unspecified atom stereocenters. The molecule has 0 aliphatic heterocycles. The third-order valence-corrected chi connectivity index (χ3v) is 5.81. The summed E-state index contributed by atoms with van der Waals surface area (Å²) in [6.45, 7) is 1.99. The van der Waals surface area contributed by atoms with Crippen molar-refractivity contribution in [1.29, 1.82) is 0 Å². The largest absolute Gasteiger partial charge is 0.497 e. The molecule has 6 heteroatoms. The van der Waals surface area contributed by atoms with Gasteiger partial charge >= 0.3 is 5.97 Å². The number of carbonyl (C=O) groups excluding carboxylic acids is 2. The minimum absolute atomic E-state index is 0.229. The Morgan fingerprint density at radius 2 is 1.71 bits per heavy atom. The zero-order valence-electron chi connectivity index (χ0n) is 18.8. The number of carbonyl (C=O) groups is 2. The van der Waals surface area contributed by atoms with Crippen LogP contribution in [0.4, 0.5) is 0 Å². The average Bonchev–Trinajstić information content (AvgIpc) is 3.27. The Labute approximate surface area is 196 Å². The van der Waals surface area contributed by atoms with Gasteiger partial charge in [-0.25, -0.2) is 9.78 Å². The predicted molar refractivity (Wildman–Crippen MR) is 131 cm³/mol. The number of aromatic nitrogens is 2. The molecule has 0 saturated carbocycles. The zero-order chi connectivity index (χ0) is 23.7. The van der Waals surface area contributed by atoms with Crippen LogP contribution in [0.3, 0.4) is 0 Å². The second-order valence-corrected chi connectivity index (χ2v) is 7.78. The summed E-state index contributed by atoms with van der Waals surface area (Å²) in [5.41, 5.74) is 3.35. The number of hydrogen-bond donors (Lipinski definition) is 0. The molecule has 6 nitrogen and oxygen atoms in total. The fourth-order valence-electron chi connectivity index (χ4n) is 4.13. The Bertz CT molecular complexity index is 1530. The number of benzene rings is 3. The summed E-state index contributed by atoms with van der Waals surface area (Å²) in [5.74, 6) is -0.0538. The van der Waals surface area contributed by atoms with E-state index in [0.717, 1.165) is 16.3 Å². The number of rotatable bonds is 6. The first-order chi connectivity index (χ1) is 16.6. The van der Waals surface area contributed by atoms with Crippen molar-refractivity contribution >= 4 is 28.0 Å². The lowest BCUT2D eigenvalue weighted by molar-refractivity contribution is 0.0529. The summed E-state index contributed by atoms with van der Waals surface area (Å²) in [6.07, 6.45) is 1.59. The van der Waals surface area contributed by atoms with E-state index in [4.69, 9.17) is 9.47 Å². The van der Waals surface area contributed by atoms with Crippen LogP contribution >= 0.6 is 0 Å². The van der Waals surface area contributed by atoms with E-state index < -0.39 is 5.97 Å². The number of hydrogen-bond acceptors (Lipinski definition) is 5. The Balaban J connectivity index is 1.68. The number of nitrogens with zero attached hydrogens (tertiary/aromatic N) is 2. The van der Waals surface area contributed by atoms with E-state index in [9.17, 15) is 9.59 Å². The summed E-state index contributed by atoms with van der Waals surface area (Å²) >= 11 is 0. The lowest BCUT2D eigenvalue weighted by Gasteiger charge is -2.08. The van der Waals surface area contributed by atoms with E-state index in [1.54, 1.807) is 55.1 Å². The van der Waals surface area contributed by atoms with Gasteiger partial charge in [-0.2, -0.15) is 0 Å². The van der Waals surface area contributed by atoms with Gasteiger partial charge in [-0.15, -0.1) is 0 Å². The molecule has 0 fully saturated rings. The van der Waals surface area contributed by atoms with Gasteiger partial charge < -0.3 is 9.47 Å². The molecule has 34 heavy (non-hydrogen) atoms. The van der Waals surface area contributed by atoms with Crippen LogP contribution in [-0.2, 0) is 4.74 Å². The van der Waals surface area contributed by atoms with Crippen LogP contribution in [0.2, 0.25) is 0 Å². The van der Waals surface area contributed by atoms with E-state index in [1.165, 1.54) is 0 Å². The summed E-state index contributed by atoms with van der Waals surface area (Å²) in [5, 5.41) is 2.15. The van der Waals surface area contributed by atoms with Crippen LogP contribution in [0.25, 0.3) is 27.5 Å². The molecule has 5 rings (SSSR count). The van der Waals surface area contributed by atoms with Crippen LogP contribution < -0.4 is 4.74 Å².